The first kappa shape index (κ1) is 30.5. The van der Waals surface area contributed by atoms with E-state index in [2.05, 4.69) is 0 Å². The van der Waals surface area contributed by atoms with Gasteiger partial charge in [0.05, 0.1) is 0 Å². The molecule has 0 aliphatic rings. The van der Waals surface area contributed by atoms with Crippen LogP contribution in [0.3, 0.4) is 0 Å². The van der Waals surface area contributed by atoms with Gasteiger partial charge in [0.2, 0.25) is 0 Å². The van der Waals surface area contributed by atoms with Crippen molar-refractivity contribution >= 4 is 0 Å². The molecule has 1 N–H and O–H groups in total. The lowest BCUT2D eigenvalue weighted by Gasteiger charge is -2.45. The second-order valence-corrected chi connectivity index (χ2v) is 5.64. The first-order valence-electron chi connectivity index (χ1n) is 6.44. The molecule has 0 aliphatic carbocycles. The van der Waals surface area contributed by atoms with Gasteiger partial charge in [0.25, 0.3) is 0 Å². The van der Waals surface area contributed by atoms with Gasteiger partial charge in [-0.05, 0) is 0 Å². The first-order valence-corrected chi connectivity index (χ1v) is 6.44. The highest BCUT2D eigenvalue weighted by atomic mass is 19.4. The summed E-state index contributed by atoms with van der Waals surface area (Å²) >= 11 is 0. The van der Waals surface area contributed by atoms with E-state index < -0.39 is 59.7 Å². The molecule has 0 saturated heterocycles. The van der Waals surface area contributed by atoms with Crippen molar-refractivity contribution in [3.8, 4) is 0 Å². The molecular weight excluding hydrogens is 535 g/mol. The second kappa shape index (κ2) is 7.00. The van der Waals surface area contributed by atoms with Crippen molar-refractivity contribution in [2.45, 2.75) is 59.7 Å². The molecule has 0 atom stereocenters. The molecule has 0 heterocycles. The summed E-state index contributed by atoms with van der Waals surface area (Å²) in [4.78, 5) is 0. The molecule has 0 radical (unpaired) electrons. The molecule has 1 nitrogen and oxygen atoms in total. The van der Waals surface area contributed by atoms with Crippen molar-refractivity contribution in [1.82, 2.24) is 0 Å². The molecule has 0 rings (SSSR count). The van der Waals surface area contributed by atoms with Crippen LogP contribution in [0.2, 0.25) is 0 Å². The summed E-state index contributed by atoms with van der Waals surface area (Å²) in [5.74, 6) is -54.0. The summed E-state index contributed by atoms with van der Waals surface area (Å²) in [5, 5.41) is 7.38. The van der Waals surface area contributed by atoms with E-state index in [0.29, 0.717) is 0 Å². The van der Waals surface area contributed by atoms with Gasteiger partial charge < -0.3 is 5.11 Å². The minimum atomic E-state index is -9.30. The van der Waals surface area contributed by atoms with Crippen LogP contribution in [-0.4, -0.2) is 64.8 Å². The van der Waals surface area contributed by atoms with Crippen LogP contribution >= 0.6 is 0 Å². The lowest BCUT2D eigenvalue weighted by molar-refractivity contribution is -0.484. The summed E-state index contributed by atoms with van der Waals surface area (Å²) in [6.07, 6.45) is -24.4. The van der Waals surface area contributed by atoms with Crippen LogP contribution in [-0.2, 0) is 0 Å². The normalized spacial score (nSPS) is 17.1. The van der Waals surface area contributed by atoms with Crippen LogP contribution in [0.5, 0.6) is 0 Å². The Morgan fingerprint density at radius 1 is 0.281 bits per heavy atom. The SMILES string of the molecule is OC(F)(F)C(F)(F)C(F)(F)C(F)(F)C(F)(F)C(F)(F)C(F)(F)C(F)(C(F)(F)F)C(F)(F)F. The number of hydrogen-bond acceptors (Lipinski definition) is 1. The van der Waals surface area contributed by atoms with E-state index in [1.165, 1.54) is 0 Å². The number of halogens is 21. The van der Waals surface area contributed by atoms with E-state index in [4.69, 9.17) is 5.11 Å². The largest absolute Gasteiger partial charge is 0.438 e. The molecule has 0 spiro atoms. The molecule has 22 heteroatoms. The number of hydrogen-bond donors (Lipinski definition) is 1. The van der Waals surface area contributed by atoms with Gasteiger partial charge in [-0.2, -0.15) is 87.8 Å². The van der Waals surface area contributed by atoms with Crippen molar-refractivity contribution < 1.29 is 97.3 Å². The summed E-state index contributed by atoms with van der Waals surface area (Å²) in [7, 11) is 0. The highest BCUT2D eigenvalue weighted by Gasteiger charge is 2.99. The van der Waals surface area contributed by atoms with Crippen LogP contribution in [0.4, 0.5) is 92.2 Å². The van der Waals surface area contributed by atoms with E-state index in [1.54, 1.807) is 0 Å². The Morgan fingerprint density at radius 2 is 0.469 bits per heavy atom. The van der Waals surface area contributed by atoms with Gasteiger partial charge in [0.1, 0.15) is 0 Å². The van der Waals surface area contributed by atoms with Gasteiger partial charge in [-0.3, -0.25) is 0 Å². The first-order chi connectivity index (χ1) is 13.2. The minimum Gasteiger partial charge on any atom is -0.331 e. The predicted molar refractivity (Wildman–Crippen MR) is 52.8 cm³/mol. The zero-order valence-corrected chi connectivity index (χ0v) is 13.4. The summed E-state index contributed by atoms with van der Waals surface area (Å²) in [6.45, 7) is 0. The summed E-state index contributed by atoms with van der Waals surface area (Å²) in [5.41, 5.74) is -8.91. The Kier molecular flexibility index (Phi) is 6.67. The smallest absolute Gasteiger partial charge is 0.331 e. The third-order valence-electron chi connectivity index (χ3n) is 3.56. The standard InChI is InChI=1S/C10HF21O/c11-1(8(24,25)26,9(27,28)29)2(12,13)3(14,15)4(16,17)5(18,19)6(20,21)7(22,23)10(30,31)32/h32H. The van der Waals surface area contributed by atoms with E-state index in [9.17, 15) is 92.2 Å². The van der Waals surface area contributed by atoms with Crippen LogP contribution in [0, 0.1) is 0 Å². The van der Waals surface area contributed by atoms with Crippen molar-refractivity contribution in [1.29, 1.82) is 0 Å². The maximum atomic E-state index is 13.2. The van der Waals surface area contributed by atoms with Crippen LogP contribution in [0.15, 0.2) is 0 Å². The summed E-state index contributed by atoms with van der Waals surface area (Å²) in [6, 6.07) is 0. The highest BCUT2D eigenvalue weighted by molar-refractivity contribution is 5.19. The van der Waals surface area contributed by atoms with E-state index in [0.717, 1.165) is 0 Å². The molecule has 0 aromatic carbocycles. The van der Waals surface area contributed by atoms with Gasteiger partial charge in [-0.15, -0.1) is 0 Å². The topological polar surface area (TPSA) is 20.2 Å². The van der Waals surface area contributed by atoms with Crippen LogP contribution < -0.4 is 0 Å². The third-order valence-corrected chi connectivity index (χ3v) is 3.56. The van der Waals surface area contributed by atoms with Crippen molar-refractivity contribution in [3.63, 3.8) is 0 Å². The van der Waals surface area contributed by atoms with Gasteiger partial charge in [-0.25, -0.2) is 4.39 Å². The minimum absolute atomic E-state index is 7.38. The average Bonchev–Trinajstić information content (AvgIpc) is 2.49. The quantitative estimate of drug-likeness (QED) is 0.384. The molecule has 0 bridgehead atoms. The van der Waals surface area contributed by atoms with E-state index >= 15 is 0 Å². The molecule has 0 amide bonds. The van der Waals surface area contributed by atoms with Crippen LogP contribution in [0.1, 0.15) is 0 Å². The molecule has 0 unspecified atom stereocenters. The zero-order chi connectivity index (χ0) is 27.0. The molecular formula is C10HF21O. The Labute approximate surface area is 158 Å². The molecule has 0 aromatic heterocycles. The predicted octanol–water partition coefficient (Wildman–Crippen LogP) is 6.22. The van der Waals surface area contributed by atoms with Gasteiger partial charge in [-0.1, -0.05) is 0 Å². The lowest BCUT2D eigenvalue weighted by Crippen LogP contribution is -2.78. The van der Waals surface area contributed by atoms with E-state index in [-0.39, 0.29) is 0 Å². The number of alkyl halides is 21. The Morgan fingerprint density at radius 3 is 0.656 bits per heavy atom. The zero-order valence-electron chi connectivity index (χ0n) is 13.4. The Hall–Kier alpha value is -1.51. The molecule has 0 fully saturated rings. The molecule has 32 heavy (non-hydrogen) atoms. The molecule has 0 aliphatic heterocycles. The number of aliphatic hydroxyl groups is 1. The fourth-order valence-electron chi connectivity index (χ4n) is 1.71. The average molecular weight is 536 g/mol. The number of rotatable bonds is 7. The van der Waals surface area contributed by atoms with Crippen LogP contribution in [0.25, 0.3) is 0 Å². The molecule has 0 aromatic rings. The Bertz CT molecular complexity index is 675. The van der Waals surface area contributed by atoms with Crippen molar-refractivity contribution in [2.24, 2.45) is 0 Å². The summed E-state index contributed by atoms with van der Waals surface area (Å²) < 4.78 is 266. The lowest BCUT2D eigenvalue weighted by atomic mass is 9.83. The highest BCUT2D eigenvalue weighted by Crippen LogP contribution is 2.66. The fourth-order valence-corrected chi connectivity index (χ4v) is 1.71. The van der Waals surface area contributed by atoms with Crippen molar-refractivity contribution in [2.75, 3.05) is 0 Å². The maximum Gasteiger partial charge on any atom is 0.438 e. The maximum absolute atomic E-state index is 13.2. The van der Waals surface area contributed by atoms with Gasteiger partial charge >= 0.3 is 59.7 Å². The monoisotopic (exact) mass is 536 g/mol. The van der Waals surface area contributed by atoms with Gasteiger partial charge in [0.15, 0.2) is 0 Å². The third kappa shape index (κ3) is 3.41. The van der Waals surface area contributed by atoms with Crippen molar-refractivity contribution in [3.05, 3.63) is 0 Å². The molecule has 194 valence electrons. The van der Waals surface area contributed by atoms with E-state index in [1.807, 2.05) is 0 Å². The van der Waals surface area contributed by atoms with Gasteiger partial charge in [0, 0.05) is 0 Å². The Balaban J connectivity index is 7.19. The molecule has 0 saturated carbocycles. The fraction of sp³-hybridized carbons (Fsp3) is 1.00. The second-order valence-electron chi connectivity index (χ2n) is 5.64.